The molecule has 33 heavy (non-hydrogen) atoms. The molecule has 0 saturated carbocycles. The Hall–Kier alpha value is -3.71. The molecule has 0 aliphatic carbocycles. The largest absolute Gasteiger partial charge is 0.341 e. The second kappa shape index (κ2) is 9.83. The van der Waals surface area contributed by atoms with E-state index in [9.17, 15) is 9.59 Å². The van der Waals surface area contributed by atoms with Gasteiger partial charge < -0.3 is 4.57 Å². The van der Waals surface area contributed by atoms with Crippen LogP contribution in [0.15, 0.2) is 66.7 Å². The average molecular weight is 437 g/mol. The van der Waals surface area contributed by atoms with Crippen LogP contribution < -0.4 is 0 Å². The van der Waals surface area contributed by atoms with E-state index >= 15 is 0 Å². The van der Waals surface area contributed by atoms with E-state index in [1.54, 1.807) is 24.3 Å². The minimum atomic E-state index is 0.0791. The summed E-state index contributed by atoms with van der Waals surface area (Å²) in [6, 6.07) is 23.2. The molecule has 4 heteroatoms. The molecule has 0 spiro atoms. The Morgan fingerprint density at radius 1 is 0.848 bits per heavy atom. The normalized spacial score (nSPS) is 12.0. The lowest BCUT2D eigenvalue weighted by Crippen LogP contribution is -2.06. The Balaban J connectivity index is 1.37. The van der Waals surface area contributed by atoms with Crippen LogP contribution >= 0.6 is 0 Å². The zero-order valence-corrected chi connectivity index (χ0v) is 19.2. The molecular formula is C29H28N2O2. The minimum Gasteiger partial charge on any atom is -0.341 e. The number of rotatable bonds is 9. The van der Waals surface area contributed by atoms with Gasteiger partial charge in [0.15, 0.2) is 11.6 Å². The van der Waals surface area contributed by atoms with Crippen molar-refractivity contribution in [2.75, 3.05) is 0 Å². The summed E-state index contributed by atoms with van der Waals surface area (Å²) in [4.78, 5) is 25.3. The van der Waals surface area contributed by atoms with Gasteiger partial charge in [-0.2, -0.15) is 5.26 Å². The lowest BCUT2D eigenvalue weighted by molar-refractivity contribution is 0.0968. The number of para-hydroxylation sites is 1. The van der Waals surface area contributed by atoms with E-state index in [1.165, 1.54) is 10.9 Å². The number of nitrogens with zero attached hydrogens (tertiary/aromatic N) is 2. The topological polar surface area (TPSA) is 62.9 Å². The lowest BCUT2D eigenvalue weighted by Gasteiger charge is -2.11. The number of ketones is 2. The zero-order valence-electron chi connectivity index (χ0n) is 19.2. The quantitative estimate of drug-likeness (QED) is 0.267. The molecule has 166 valence electrons. The van der Waals surface area contributed by atoms with Crippen molar-refractivity contribution in [1.82, 2.24) is 4.57 Å². The maximum absolute atomic E-state index is 12.9. The highest BCUT2D eigenvalue weighted by atomic mass is 16.1. The second-order valence-corrected chi connectivity index (χ2v) is 8.71. The van der Waals surface area contributed by atoms with Gasteiger partial charge in [0.2, 0.25) is 0 Å². The predicted molar refractivity (Wildman–Crippen MR) is 133 cm³/mol. The van der Waals surface area contributed by atoms with Gasteiger partial charge in [-0.05, 0) is 62.1 Å². The van der Waals surface area contributed by atoms with Crippen LogP contribution in [0, 0.1) is 17.2 Å². The molecule has 0 N–H and O–H groups in total. The van der Waals surface area contributed by atoms with Crippen molar-refractivity contribution < 1.29 is 9.59 Å². The molecule has 0 fully saturated rings. The minimum absolute atomic E-state index is 0.0791. The molecule has 0 saturated heterocycles. The summed E-state index contributed by atoms with van der Waals surface area (Å²) < 4.78 is 2.28. The second-order valence-electron chi connectivity index (χ2n) is 8.71. The summed E-state index contributed by atoms with van der Waals surface area (Å²) in [6.07, 6.45) is 2.43. The Morgan fingerprint density at radius 2 is 1.45 bits per heavy atom. The summed E-state index contributed by atoms with van der Waals surface area (Å²) >= 11 is 0. The Bertz CT molecular complexity index is 1360. The third-order valence-electron chi connectivity index (χ3n) is 6.47. The maximum atomic E-state index is 12.9. The van der Waals surface area contributed by atoms with Crippen LogP contribution in [0.1, 0.15) is 65.8 Å². The fraction of sp³-hybridized carbons (Fsp3) is 0.276. The Labute approximate surface area is 194 Å². The molecule has 0 radical (unpaired) electrons. The molecule has 4 nitrogen and oxygen atoms in total. The van der Waals surface area contributed by atoms with Crippen LogP contribution in [-0.4, -0.2) is 16.1 Å². The van der Waals surface area contributed by atoms with Crippen molar-refractivity contribution in [3.63, 3.8) is 0 Å². The first-order valence-electron chi connectivity index (χ1n) is 11.6. The number of aryl methyl sites for hydroxylation is 1. The van der Waals surface area contributed by atoms with Gasteiger partial charge in [-0.25, -0.2) is 0 Å². The van der Waals surface area contributed by atoms with E-state index < -0.39 is 0 Å². The highest BCUT2D eigenvalue weighted by molar-refractivity contribution is 6.11. The van der Waals surface area contributed by atoms with Crippen LogP contribution in [0.4, 0.5) is 0 Å². The molecular weight excluding hydrogens is 408 g/mol. The first-order valence-corrected chi connectivity index (χ1v) is 11.6. The molecule has 3 aromatic carbocycles. The van der Waals surface area contributed by atoms with Gasteiger partial charge in [0.1, 0.15) is 0 Å². The number of aromatic nitrogens is 1. The summed E-state index contributed by atoms with van der Waals surface area (Å²) in [6.45, 7) is 5.12. The summed E-state index contributed by atoms with van der Waals surface area (Å²) in [7, 11) is 0. The van der Waals surface area contributed by atoms with Crippen LogP contribution in [0.3, 0.4) is 0 Å². The van der Waals surface area contributed by atoms with Crippen molar-refractivity contribution >= 4 is 33.4 Å². The summed E-state index contributed by atoms with van der Waals surface area (Å²) in [5.41, 5.74) is 4.29. The Morgan fingerprint density at radius 3 is 2.12 bits per heavy atom. The fourth-order valence-electron chi connectivity index (χ4n) is 4.49. The first kappa shape index (κ1) is 22.5. The number of carbonyl (C=O) groups is 2. The lowest BCUT2D eigenvalue weighted by atomic mass is 9.93. The van der Waals surface area contributed by atoms with Gasteiger partial charge in [-0.15, -0.1) is 0 Å². The van der Waals surface area contributed by atoms with Gasteiger partial charge >= 0.3 is 0 Å². The van der Waals surface area contributed by atoms with E-state index in [4.69, 9.17) is 5.26 Å². The monoisotopic (exact) mass is 436 g/mol. The molecule has 0 amide bonds. The van der Waals surface area contributed by atoms with Crippen molar-refractivity contribution in [3.05, 3.63) is 83.4 Å². The average Bonchev–Trinajstić information content (AvgIpc) is 3.18. The van der Waals surface area contributed by atoms with E-state index in [2.05, 4.69) is 42.7 Å². The molecule has 1 aromatic heterocycles. The molecule has 0 bridgehead atoms. The van der Waals surface area contributed by atoms with Crippen molar-refractivity contribution in [2.24, 2.45) is 5.92 Å². The van der Waals surface area contributed by atoms with E-state index in [-0.39, 0.29) is 17.5 Å². The third-order valence-corrected chi connectivity index (χ3v) is 6.47. The highest BCUT2D eigenvalue weighted by Gasteiger charge is 2.15. The van der Waals surface area contributed by atoms with Crippen LogP contribution in [0.5, 0.6) is 0 Å². The molecule has 1 unspecified atom stereocenters. The smallest absolute Gasteiger partial charge is 0.162 e. The third kappa shape index (κ3) is 4.73. The number of benzene rings is 3. The van der Waals surface area contributed by atoms with Gasteiger partial charge in [-0.3, -0.25) is 9.59 Å². The van der Waals surface area contributed by atoms with Gasteiger partial charge in [0.25, 0.3) is 0 Å². The van der Waals surface area contributed by atoms with Gasteiger partial charge in [0, 0.05) is 52.3 Å². The Kier molecular flexibility index (Phi) is 6.70. The fourth-order valence-corrected chi connectivity index (χ4v) is 4.49. The first-order chi connectivity index (χ1) is 16.0. The maximum Gasteiger partial charge on any atom is 0.162 e. The van der Waals surface area contributed by atoms with Crippen LogP contribution in [0.25, 0.3) is 21.8 Å². The van der Waals surface area contributed by atoms with Gasteiger partial charge in [0.05, 0.1) is 11.6 Å². The predicted octanol–water partition coefficient (Wildman–Crippen LogP) is 6.95. The van der Waals surface area contributed by atoms with Crippen LogP contribution in [0.2, 0.25) is 0 Å². The summed E-state index contributed by atoms with van der Waals surface area (Å²) in [5, 5.41) is 11.2. The molecule has 0 aliphatic heterocycles. The number of fused-ring (bicyclic) bond motifs is 3. The van der Waals surface area contributed by atoms with E-state index in [0.29, 0.717) is 24.0 Å². The molecule has 0 aliphatic rings. The molecule has 1 heterocycles. The van der Waals surface area contributed by atoms with Gasteiger partial charge in [-0.1, -0.05) is 37.3 Å². The molecule has 4 aromatic rings. The summed E-state index contributed by atoms with van der Waals surface area (Å²) in [5.74, 6) is 0.507. The molecule has 4 rings (SSSR count). The standard InChI is InChI=1S/C29H28N2O2/c1-3-31-26-7-5-4-6-24(26)25-18-23(14-15-27(25)31)29(33)17-9-20(2)8-16-28(32)22-12-10-21(19-30)11-13-22/h4-7,10-15,18,20H,3,8-9,16-17H2,1-2H3. The van der Waals surface area contributed by atoms with E-state index in [1.807, 2.05) is 24.3 Å². The SMILES string of the molecule is CCn1c2ccccc2c2cc(C(=O)CCC(C)CCC(=O)c3ccc(C#N)cc3)ccc21. The zero-order chi connectivity index (χ0) is 23.4. The molecule has 1 atom stereocenters. The number of hydrogen-bond donors (Lipinski definition) is 0. The van der Waals surface area contributed by atoms with Crippen molar-refractivity contribution in [1.29, 1.82) is 5.26 Å². The highest BCUT2D eigenvalue weighted by Crippen LogP contribution is 2.30. The van der Waals surface area contributed by atoms with Crippen LogP contribution in [-0.2, 0) is 6.54 Å². The number of nitriles is 1. The van der Waals surface area contributed by atoms with Crippen molar-refractivity contribution in [2.45, 2.75) is 46.1 Å². The number of hydrogen-bond acceptors (Lipinski definition) is 3. The van der Waals surface area contributed by atoms with E-state index in [0.717, 1.165) is 35.9 Å². The number of carbonyl (C=O) groups excluding carboxylic acids is 2. The number of Topliss-reactive ketones (excluding diaryl/α,β-unsaturated/α-hetero) is 2. The van der Waals surface area contributed by atoms with Crippen molar-refractivity contribution in [3.8, 4) is 6.07 Å².